The van der Waals surface area contributed by atoms with Crippen LogP contribution in [0.2, 0.25) is 0 Å². The van der Waals surface area contributed by atoms with Crippen molar-refractivity contribution < 1.29 is 9.53 Å². The van der Waals surface area contributed by atoms with Gasteiger partial charge >= 0.3 is 5.97 Å². The SMILES string of the molecule is C#CC1(OC(=O)C(C)(C)CC)c2ccccc2-c2ccccc21. The minimum absolute atomic E-state index is 0.274. The molecule has 0 aromatic heterocycles. The number of hydrogen-bond donors (Lipinski definition) is 0. The van der Waals surface area contributed by atoms with Gasteiger partial charge in [0, 0.05) is 11.1 Å². The fourth-order valence-electron chi connectivity index (χ4n) is 2.91. The average Bonchev–Trinajstić information content (AvgIpc) is 2.86. The van der Waals surface area contributed by atoms with E-state index in [0.29, 0.717) is 6.42 Å². The number of terminal acetylenes is 1. The maximum absolute atomic E-state index is 12.7. The second-order valence-corrected chi connectivity index (χ2v) is 6.54. The third-order valence-corrected chi connectivity index (χ3v) is 4.79. The summed E-state index contributed by atoms with van der Waals surface area (Å²) in [4.78, 5) is 12.7. The van der Waals surface area contributed by atoms with Crippen molar-refractivity contribution in [3.8, 4) is 23.5 Å². The van der Waals surface area contributed by atoms with E-state index in [1.54, 1.807) is 0 Å². The number of fused-ring (bicyclic) bond motifs is 3. The van der Waals surface area contributed by atoms with Gasteiger partial charge in [0.2, 0.25) is 5.60 Å². The first-order valence-corrected chi connectivity index (χ1v) is 7.87. The summed E-state index contributed by atoms with van der Waals surface area (Å²) in [5.74, 6) is 2.50. The fraction of sp³-hybridized carbons (Fsp3) is 0.286. The summed E-state index contributed by atoms with van der Waals surface area (Å²) in [5, 5.41) is 0. The number of rotatable bonds is 3. The number of benzene rings is 2. The molecule has 2 aromatic carbocycles. The maximum Gasteiger partial charge on any atom is 0.313 e. The van der Waals surface area contributed by atoms with Crippen LogP contribution in [0.1, 0.15) is 38.3 Å². The van der Waals surface area contributed by atoms with Crippen molar-refractivity contribution in [3.05, 3.63) is 59.7 Å². The number of hydrogen-bond acceptors (Lipinski definition) is 2. The molecule has 2 aromatic rings. The largest absolute Gasteiger partial charge is 0.437 e. The highest BCUT2D eigenvalue weighted by molar-refractivity contribution is 5.85. The van der Waals surface area contributed by atoms with Crippen LogP contribution in [0.3, 0.4) is 0 Å². The number of carbonyl (C=O) groups excluding carboxylic acids is 1. The van der Waals surface area contributed by atoms with Crippen LogP contribution in [0.25, 0.3) is 11.1 Å². The lowest BCUT2D eigenvalue weighted by Crippen LogP contribution is -2.36. The second-order valence-electron chi connectivity index (χ2n) is 6.54. The summed E-state index contributed by atoms with van der Waals surface area (Å²) in [6.45, 7) is 5.74. The minimum atomic E-state index is -1.14. The van der Waals surface area contributed by atoms with Crippen LogP contribution in [0.5, 0.6) is 0 Å². The van der Waals surface area contributed by atoms with E-state index in [4.69, 9.17) is 11.2 Å². The Kier molecular flexibility index (Phi) is 3.53. The molecule has 0 N–H and O–H groups in total. The van der Waals surface area contributed by atoms with Crippen LogP contribution < -0.4 is 0 Å². The Balaban J connectivity index is 2.19. The number of esters is 1. The zero-order valence-corrected chi connectivity index (χ0v) is 13.7. The summed E-state index contributed by atoms with van der Waals surface area (Å²) < 4.78 is 5.98. The van der Waals surface area contributed by atoms with Gasteiger partial charge in [-0.2, -0.15) is 0 Å². The van der Waals surface area contributed by atoms with Crippen LogP contribution in [0.4, 0.5) is 0 Å². The molecule has 116 valence electrons. The molecule has 0 amide bonds. The molecule has 0 saturated heterocycles. The molecule has 1 aliphatic rings. The predicted molar refractivity (Wildman–Crippen MR) is 91.7 cm³/mol. The lowest BCUT2D eigenvalue weighted by atomic mass is 9.88. The Morgan fingerprint density at radius 1 is 1.09 bits per heavy atom. The molecule has 23 heavy (non-hydrogen) atoms. The Morgan fingerprint density at radius 2 is 1.57 bits per heavy atom. The molecule has 3 rings (SSSR count). The van der Waals surface area contributed by atoms with E-state index in [1.165, 1.54) is 0 Å². The molecular formula is C21H20O2. The molecule has 0 fully saturated rings. The number of ether oxygens (including phenoxy) is 1. The molecule has 0 radical (unpaired) electrons. The van der Waals surface area contributed by atoms with Crippen molar-refractivity contribution in [1.29, 1.82) is 0 Å². The Bertz CT molecular complexity index is 763. The van der Waals surface area contributed by atoms with Gasteiger partial charge in [-0.15, -0.1) is 6.42 Å². The molecule has 1 aliphatic carbocycles. The van der Waals surface area contributed by atoms with Crippen LogP contribution in [0, 0.1) is 17.8 Å². The summed E-state index contributed by atoms with van der Waals surface area (Å²) in [5.41, 5.74) is 2.08. The summed E-state index contributed by atoms with van der Waals surface area (Å²) >= 11 is 0. The molecular weight excluding hydrogens is 284 g/mol. The van der Waals surface area contributed by atoms with Gasteiger partial charge in [0.05, 0.1) is 5.41 Å². The molecule has 0 bridgehead atoms. The third-order valence-electron chi connectivity index (χ3n) is 4.79. The van der Waals surface area contributed by atoms with Gasteiger partial charge in [0.15, 0.2) is 0 Å². The highest BCUT2D eigenvalue weighted by atomic mass is 16.6. The van der Waals surface area contributed by atoms with Crippen molar-refractivity contribution in [2.75, 3.05) is 0 Å². The third kappa shape index (κ3) is 2.16. The van der Waals surface area contributed by atoms with E-state index in [2.05, 4.69) is 5.92 Å². The van der Waals surface area contributed by atoms with Crippen LogP contribution in [-0.4, -0.2) is 5.97 Å². The second kappa shape index (κ2) is 5.28. The molecule has 0 heterocycles. The van der Waals surface area contributed by atoms with E-state index < -0.39 is 11.0 Å². The van der Waals surface area contributed by atoms with Crippen molar-refractivity contribution in [2.24, 2.45) is 5.41 Å². The van der Waals surface area contributed by atoms with E-state index >= 15 is 0 Å². The standard InChI is InChI=1S/C21H20O2/c1-5-20(3,4)19(22)23-21(6-2)17-13-9-7-11-15(17)16-12-8-10-14-18(16)21/h2,7-14H,5H2,1,3-4H3. The van der Waals surface area contributed by atoms with E-state index in [-0.39, 0.29) is 5.97 Å². The van der Waals surface area contributed by atoms with Crippen molar-refractivity contribution >= 4 is 5.97 Å². The molecule has 2 heteroatoms. The van der Waals surface area contributed by atoms with E-state index in [9.17, 15) is 4.79 Å². The van der Waals surface area contributed by atoms with Crippen LogP contribution in [-0.2, 0) is 15.1 Å². The van der Waals surface area contributed by atoms with Crippen LogP contribution >= 0.6 is 0 Å². The first kappa shape index (κ1) is 15.4. The normalized spacial score (nSPS) is 14.5. The van der Waals surface area contributed by atoms with Gasteiger partial charge in [-0.3, -0.25) is 4.79 Å². The Morgan fingerprint density at radius 3 is 2.00 bits per heavy atom. The Hall–Kier alpha value is -2.53. The van der Waals surface area contributed by atoms with Crippen molar-refractivity contribution in [2.45, 2.75) is 32.8 Å². The highest BCUT2D eigenvalue weighted by Gasteiger charge is 2.47. The Labute approximate surface area is 137 Å². The molecule has 2 nitrogen and oxygen atoms in total. The van der Waals surface area contributed by atoms with Gasteiger partial charge in [0.1, 0.15) is 0 Å². The zero-order valence-electron chi connectivity index (χ0n) is 13.7. The first-order chi connectivity index (χ1) is 11.0. The summed E-state index contributed by atoms with van der Waals surface area (Å²) in [7, 11) is 0. The fourth-order valence-corrected chi connectivity index (χ4v) is 2.91. The van der Waals surface area contributed by atoms with Gasteiger partial charge in [-0.25, -0.2) is 0 Å². The number of carbonyl (C=O) groups is 1. The van der Waals surface area contributed by atoms with E-state index in [1.807, 2.05) is 69.3 Å². The van der Waals surface area contributed by atoms with Crippen molar-refractivity contribution in [3.63, 3.8) is 0 Å². The molecule has 0 spiro atoms. The monoisotopic (exact) mass is 304 g/mol. The lowest BCUT2D eigenvalue weighted by molar-refractivity contribution is -0.162. The smallest absolute Gasteiger partial charge is 0.313 e. The quantitative estimate of drug-likeness (QED) is 0.615. The van der Waals surface area contributed by atoms with Gasteiger partial charge in [0.25, 0.3) is 0 Å². The van der Waals surface area contributed by atoms with Gasteiger partial charge in [-0.1, -0.05) is 55.5 Å². The predicted octanol–water partition coefficient (Wildman–Crippen LogP) is 4.52. The summed E-state index contributed by atoms with van der Waals surface area (Å²) in [6, 6.07) is 15.7. The van der Waals surface area contributed by atoms with Gasteiger partial charge in [-0.05, 0) is 37.3 Å². The lowest BCUT2D eigenvalue weighted by Gasteiger charge is -2.31. The topological polar surface area (TPSA) is 26.3 Å². The minimum Gasteiger partial charge on any atom is -0.437 e. The average molecular weight is 304 g/mol. The first-order valence-electron chi connectivity index (χ1n) is 7.87. The molecule has 0 atom stereocenters. The molecule has 0 saturated carbocycles. The zero-order chi connectivity index (χ0) is 16.7. The summed E-state index contributed by atoms with van der Waals surface area (Å²) in [6.07, 6.45) is 6.59. The molecule has 0 unspecified atom stereocenters. The van der Waals surface area contributed by atoms with Crippen LogP contribution in [0.15, 0.2) is 48.5 Å². The van der Waals surface area contributed by atoms with Crippen molar-refractivity contribution in [1.82, 2.24) is 0 Å². The maximum atomic E-state index is 12.7. The molecule has 0 aliphatic heterocycles. The highest BCUT2D eigenvalue weighted by Crippen LogP contribution is 2.50. The van der Waals surface area contributed by atoms with Gasteiger partial charge < -0.3 is 4.74 Å². The van der Waals surface area contributed by atoms with E-state index in [0.717, 1.165) is 22.3 Å².